The molecular formula is C14H9BrClNO4. The van der Waals surface area contributed by atoms with Crippen LogP contribution < -0.4 is 0 Å². The van der Waals surface area contributed by atoms with Crippen LogP contribution in [0.3, 0.4) is 0 Å². The first-order valence-corrected chi connectivity index (χ1v) is 6.98. The van der Waals surface area contributed by atoms with Crippen LogP contribution in [0.2, 0.25) is 5.02 Å². The number of aryl methyl sites for hydroxylation is 1. The summed E-state index contributed by atoms with van der Waals surface area (Å²) < 4.78 is 5.11. The van der Waals surface area contributed by atoms with Crippen molar-refractivity contribution in [1.82, 2.24) is 0 Å². The van der Waals surface area contributed by atoms with Crippen LogP contribution in [0.4, 0.5) is 5.88 Å². The number of halogens is 2. The Balaban J connectivity index is 2.29. The smallest absolute Gasteiger partial charge is 0.397 e. The van der Waals surface area contributed by atoms with E-state index in [1.807, 2.05) is 6.92 Å². The van der Waals surface area contributed by atoms with Crippen LogP contribution in [0, 0.1) is 17.0 Å². The van der Waals surface area contributed by atoms with E-state index in [-0.39, 0.29) is 10.2 Å². The third kappa shape index (κ3) is 3.59. The van der Waals surface area contributed by atoms with E-state index in [2.05, 4.69) is 15.9 Å². The van der Waals surface area contributed by atoms with E-state index in [1.165, 1.54) is 6.07 Å². The Bertz CT molecular complexity index is 751. The van der Waals surface area contributed by atoms with E-state index >= 15 is 0 Å². The highest BCUT2D eigenvalue weighted by Crippen LogP contribution is 2.24. The predicted octanol–water partition coefficient (Wildman–Crippen LogP) is 4.77. The van der Waals surface area contributed by atoms with Crippen molar-refractivity contribution in [3.05, 3.63) is 66.8 Å². The number of nitrogens with zero attached hydrogens (tertiary/aromatic N) is 1. The molecule has 0 radical (unpaired) electrons. The monoisotopic (exact) mass is 369 g/mol. The molecule has 108 valence electrons. The van der Waals surface area contributed by atoms with Crippen LogP contribution in [0.15, 0.2) is 39.2 Å². The normalized spacial score (nSPS) is 11.5. The van der Waals surface area contributed by atoms with E-state index in [4.69, 9.17) is 16.0 Å². The van der Waals surface area contributed by atoms with Crippen LogP contribution in [0.5, 0.6) is 0 Å². The molecule has 0 aliphatic heterocycles. The molecule has 1 aromatic carbocycles. The van der Waals surface area contributed by atoms with Gasteiger partial charge in [0.15, 0.2) is 5.76 Å². The van der Waals surface area contributed by atoms with Crippen molar-refractivity contribution in [2.45, 2.75) is 6.92 Å². The summed E-state index contributed by atoms with van der Waals surface area (Å²) in [7, 11) is 0. The van der Waals surface area contributed by atoms with Crippen molar-refractivity contribution in [3.63, 3.8) is 0 Å². The maximum absolute atomic E-state index is 12.1. The molecule has 0 bridgehead atoms. The molecule has 0 fully saturated rings. The molecular weight excluding hydrogens is 362 g/mol. The maximum Gasteiger partial charge on any atom is 0.433 e. The molecule has 0 aliphatic rings. The fourth-order valence-corrected chi connectivity index (χ4v) is 2.34. The van der Waals surface area contributed by atoms with E-state index in [9.17, 15) is 14.9 Å². The minimum Gasteiger partial charge on any atom is -0.397 e. The third-order valence-electron chi connectivity index (χ3n) is 2.73. The largest absolute Gasteiger partial charge is 0.433 e. The molecule has 0 spiro atoms. The molecule has 0 saturated heterocycles. The molecule has 2 rings (SSSR count). The molecule has 5 nitrogen and oxygen atoms in total. The summed E-state index contributed by atoms with van der Waals surface area (Å²) in [5.74, 6) is -1.05. The van der Waals surface area contributed by atoms with Crippen LogP contribution >= 0.6 is 27.5 Å². The first-order chi connectivity index (χ1) is 9.88. The van der Waals surface area contributed by atoms with Crippen molar-refractivity contribution in [2.24, 2.45) is 0 Å². The van der Waals surface area contributed by atoms with Gasteiger partial charge in [-0.05, 0) is 58.3 Å². The number of rotatable bonds is 4. The van der Waals surface area contributed by atoms with Crippen LogP contribution in [0.25, 0.3) is 6.08 Å². The fourth-order valence-electron chi connectivity index (χ4n) is 1.67. The number of allylic oxidation sites excluding steroid dienone is 1. The quantitative estimate of drug-likeness (QED) is 0.336. The van der Waals surface area contributed by atoms with Gasteiger partial charge in [-0.25, -0.2) is 0 Å². The topological polar surface area (TPSA) is 73.3 Å². The third-order valence-corrected chi connectivity index (χ3v) is 3.55. The minimum absolute atomic E-state index is 0.101. The highest BCUT2D eigenvalue weighted by Gasteiger charge is 2.19. The predicted molar refractivity (Wildman–Crippen MR) is 82.8 cm³/mol. The average Bonchev–Trinajstić information content (AvgIpc) is 2.90. The van der Waals surface area contributed by atoms with Crippen LogP contribution in [-0.2, 0) is 0 Å². The summed E-state index contributed by atoms with van der Waals surface area (Å²) in [4.78, 5) is 21.9. The Kier molecular flexibility index (Phi) is 4.59. The van der Waals surface area contributed by atoms with Gasteiger partial charge in [-0.2, -0.15) is 0 Å². The molecule has 0 unspecified atom stereocenters. The van der Waals surface area contributed by atoms with Crippen molar-refractivity contribution in [2.75, 3.05) is 0 Å². The van der Waals surface area contributed by atoms with Crippen LogP contribution in [0.1, 0.15) is 21.7 Å². The highest BCUT2D eigenvalue weighted by molar-refractivity contribution is 9.12. The Morgan fingerprint density at radius 2 is 2.10 bits per heavy atom. The second kappa shape index (κ2) is 6.24. The van der Waals surface area contributed by atoms with Crippen molar-refractivity contribution in [3.8, 4) is 0 Å². The lowest BCUT2D eigenvalue weighted by Crippen LogP contribution is -1.97. The number of carbonyl (C=O) groups is 1. The standard InChI is InChI=1S/C14H9BrClNO4/c1-8-6-10(16)3-2-9(8)7-11(15)14(18)12-4-5-13(21-12)17(19)20/h2-7H,1H3/b11-7+. The van der Waals surface area contributed by atoms with Crippen molar-refractivity contribution >= 4 is 45.3 Å². The Labute approximate surface area is 133 Å². The number of furan rings is 1. The molecule has 0 atom stereocenters. The van der Waals surface area contributed by atoms with Gasteiger partial charge in [0.1, 0.15) is 4.92 Å². The van der Waals surface area contributed by atoms with Gasteiger partial charge in [0, 0.05) is 5.02 Å². The van der Waals surface area contributed by atoms with Crippen LogP contribution in [-0.4, -0.2) is 10.7 Å². The molecule has 0 N–H and O–H groups in total. The van der Waals surface area contributed by atoms with Gasteiger partial charge >= 0.3 is 5.88 Å². The van der Waals surface area contributed by atoms with Gasteiger partial charge < -0.3 is 4.42 Å². The Morgan fingerprint density at radius 3 is 2.67 bits per heavy atom. The maximum atomic E-state index is 12.1. The Hall–Kier alpha value is -1.92. The molecule has 1 aromatic heterocycles. The lowest BCUT2D eigenvalue weighted by Gasteiger charge is -2.02. The summed E-state index contributed by atoms with van der Waals surface area (Å²) in [6, 6.07) is 7.67. The van der Waals surface area contributed by atoms with E-state index in [0.717, 1.165) is 17.2 Å². The number of benzene rings is 1. The highest BCUT2D eigenvalue weighted by atomic mass is 79.9. The summed E-state index contributed by atoms with van der Waals surface area (Å²) in [5.41, 5.74) is 1.71. The fraction of sp³-hybridized carbons (Fsp3) is 0.0714. The van der Waals surface area contributed by atoms with Gasteiger partial charge in [-0.3, -0.25) is 14.9 Å². The van der Waals surface area contributed by atoms with Crippen molar-refractivity contribution in [1.29, 1.82) is 0 Å². The summed E-state index contributed by atoms with van der Waals surface area (Å²) in [6.45, 7) is 1.86. The zero-order valence-corrected chi connectivity index (χ0v) is 13.1. The van der Waals surface area contributed by atoms with E-state index in [1.54, 1.807) is 24.3 Å². The van der Waals surface area contributed by atoms with E-state index in [0.29, 0.717) is 5.02 Å². The van der Waals surface area contributed by atoms with E-state index < -0.39 is 16.6 Å². The summed E-state index contributed by atoms with van der Waals surface area (Å²) in [6.07, 6.45) is 1.61. The van der Waals surface area contributed by atoms with Gasteiger partial charge in [0.2, 0.25) is 5.78 Å². The number of hydrogen-bond donors (Lipinski definition) is 0. The minimum atomic E-state index is -0.697. The second-order valence-electron chi connectivity index (χ2n) is 4.22. The van der Waals surface area contributed by atoms with Gasteiger partial charge in [0.25, 0.3) is 0 Å². The number of Topliss-reactive ketones (excluding diaryl/α,β-unsaturated/α-hetero) is 1. The van der Waals surface area contributed by atoms with Gasteiger partial charge in [-0.1, -0.05) is 17.7 Å². The number of ketones is 1. The SMILES string of the molecule is Cc1cc(Cl)ccc1/C=C(/Br)C(=O)c1ccc([N+](=O)[O-])o1. The lowest BCUT2D eigenvalue weighted by atomic mass is 10.1. The lowest BCUT2D eigenvalue weighted by molar-refractivity contribution is -0.402. The zero-order chi connectivity index (χ0) is 15.6. The van der Waals surface area contributed by atoms with Gasteiger partial charge in [0.05, 0.1) is 10.5 Å². The molecule has 1 heterocycles. The molecule has 0 saturated carbocycles. The number of carbonyl (C=O) groups excluding carboxylic acids is 1. The molecule has 2 aromatic rings. The first-order valence-electron chi connectivity index (χ1n) is 5.81. The first kappa shape index (κ1) is 15.5. The van der Waals surface area contributed by atoms with Gasteiger partial charge in [-0.15, -0.1) is 0 Å². The summed E-state index contributed by atoms with van der Waals surface area (Å²) >= 11 is 9.03. The van der Waals surface area contributed by atoms with Crippen molar-refractivity contribution < 1.29 is 14.1 Å². The number of nitro groups is 1. The Morgan fingerprint density at radius 1 is 1.38 bits per heavy atom. The zero-order valence-electron chi connectivity index (χ0n) is 10.8. The summed E-state index contributed by atoms with van der Waals surface area (Å²) in [5, 5.41) is 11.1. The molecule has 7 heteroatoms. The molecule has 0 aliphatic carbocycles. The second-order valence-corrected chi connectivity index (χ2v) is 5.51. The molecule has 0 amide bonds. The molecule has 21 heavy (non-hydrogen) atoms. The average molecular weight is 371 g/mol. The number of hydrogen-bond acceptors (Lipinski definition) is 4.